The Morgan fingerprint density at radius 2 is 1.92 bits per heavy atom. The fraction of sp³-hybridized carbons (Fsp3) is 0.600. The van der Waals surface area contributed by atoms with Crippen LogP contribution in [0.2, 0.25) is 0 Å². The topological polar surface area (TPSA) is 60.9 Å². The Bertz CT molecular complexity index is 665. The van der Waals surface area contributed by atoms with Gasteiger partial charge in [-0.25, -0.2) is 0 Å². The van der Waals surface area contributed by atoms with Gasteiger partial charge < -0.3 is 14.9 Å². The first kappa shape index (κ1) is 17.9. The lowest BCUT2D eigenvalue weighted by molar-refractivity contribution is -0.140. The molecule has 2 heterocycles. The van der Waals surface area contributed by atoms with Gasteiger partial charge >= 0.3 is 0 Å². The Kier molecular flexibility index (Phi) is 4.87. The molecule has 0 bridgehead atoms. The zero-order valence-electron chi connectivity index (χ0n) is 15.4. The first-order valence-corrected chi connectivity index (χ1v) is 9.16. The molecule has 2 amide bonds. The number of likely N-dealkylation sites (tertiary alicyclic amines) is 1. The molecule has 1 aromatic rings. The zero-order chi connectivity index (χ0) is 18.2. The summed E-state index contributed by atoms with van der Waals surface area (Å²) in [5.41, 5.74) is 1.39. The third-order valence-corrected chi connectivity index (χ3v) is 5.57. The SMILES string of the molecule is CC(=O)N1CCc2ccccc2C1CC(=O)N1CCCC1C(C)(C)O. The summed E-state index contributed by atoms with van der Waals surface area (Å²) < 4.78 is 0. The van der Waals surface area contributed by atoms with E-state index in [4.69, 9.17) is 0 Å². The number of carbonyl (C=O) groups excluding carboxylic acids is 2. The molecule has 5 nitrogen and oxygen atoms in total. The molecule has 5 heteroatoms. The van der Waals surface area contributed by atoms with Crippen molar-refractivity contribution in [2.24, 2.45) is 0 Å². The minimum atomic E-state index is -0.906. The van der Waals surface area contributed by atoms with E-state index in [0.29, 0.717) is 13.1 Å². The van der Waals surface area contributed by atoms with Crippen LogP contribution in [-0.2, 0) is 16.0 Å². The second kappa shape index (κ2) is 6.79. The lowest BCUT2D eigenvalue weighted by Gasteiger charge is -2.39. The first-order valence-electron chi connectivity index (χ1n) is 9.16. The third-order valence-electron chi connectivity index (χ3n) is 5.57. The van der Waals surface area contributed by atoms with E-state index < -0.39 is 5.60 Å². The molecule has 0 aromatic heterocycles. The summed E-state index contributed by atoms with van der Waals surface area (Å²) in [6, 6.07) is 7.73. The van der Waals surface area contributed by atoms with Gasteiger partial charge in [0, 0.05) is 20.0 Å². The van der Waals surface area contributed by atoms with E-state index in [2.05, 4.69) is 6.07 Å². The second-order valence-corrected chi connectivity index (χ2v) is 7.78. The molecule has 1 fully saturated rings. The van der Waals surface area contributed by atoms with Crippen LogP contribution in [0, 0.1) is 0 Å². The number of fused-ring (bicyclic) bond motifs is 1. The summed E-state index contributed by atoms with van der Waals surface area (Å²) in [6.07, 6.45) is 2.85. The lowest BCUT2D eigenvalue weighted by atomic mass is 9.90. The van der Waals surface area contributed by atoms with Crippen LogP contribution in [0.1, 0.15) is 57.2 Å². The van der Waals surface area contributed by atoms with Crippen LogP contribution in [0.3, 0.4) is 0 Å². The summed E-state index contributed by atoms with van der Waals surface area (Å²) in [6.45, 7) is 6.43. The molecule has 0 saturated carbocycles. The van der Waals surface area contributed by atoms with Crippen molar-refractivity contribution in [3.05, 3.63) is 35.4 Å². The highest BCUT2D eigenvalue weighted by atomic mass is 16.3. The van der Waals surface area contributed by atoms with Crippen LogP contribution in [-0.4, -0.2) is 51.5 Å². The normalized spacial score (nSPS) is 23.5. The van der Waals surface area contributed by atoms with Gasteiger partial charge in [0.1, 0.15) is 0 Å². The van der Waals surface area contributed by atoms with Crippen molar-refractivity contribution < 1.29 is 14.7 Å². The Labute approximate surface area is 149 Å². The van der Waals surface area contributed by atoms with Crippen molar-refractivity contribution in [3.8, 4) is 0 Å². The quantitative estimate of drug-likeness (QED) is 0.915. The molecule has 2 aliphatic heterocycles. The minimum Gasteiger partial charge on any atom is -0.388 e. The van der Waals surface area contributed by atoms with E-state index in [1.54, 1.807) is 20.8 Å². The highest BCUT2D eigenvalue weighted by Gasteiger charge is 2.40. The fourth-order valence-electron chi connectivity index (χ4n) is 4.33. The van der Waals surface area contributed by atoms with Crippen molar-refractivity contribution in [3.63, 3.8) is 0 Å². The van der Waals surface area contributed by atoms with Gasteiger partial charge in [0.2, 0.25) is 11.8 Å². The van der Waals surface area contributed by atoms with Gasteiger partial charge in [-0.3, -0.25) is 9.59 Å². The number of aliphatic hydroxyl groups is 1. The molecule has 25 heavy (non-hydrogen) atoms. The van der Waals surface area contributed by atoms with Crippen LogP contribution in [0.5, 0.6) is 0 Å². The molecule has 2 atom stereocenters. The Morgan fingerprint density at radius 1 is 1.20 bits per heavy atom. The second-order valence-electron chi connectivity index (χ2n) is 7.78. The van der Waals surface area contributed by atoms with Crippen molar-refractivity contribution in [1.29, 1.82) is 0 Å². The molecule has 0 radical (unpaired) electrons. The maximum absolute atomic E-state index is 13.0. The monoisotopic (exact) mass is 344 g/mol. The van der Waals surface area contributed by atoms with E-state index in [1.165, 1.54) is 5.56 Å². The Hall–Kier alpha value is -1.88. The molecule has 136 valence electrons. The third kappa shape index (κ3) is 3.56. The average Bonchev–Trinajstić information content (AvgIpc) is 3.05. The molecule has 2 aliphatic rings. The highest BCUT2D eigenvalue weighted by Crippen LogP contribution is 2.35. The van der Waals surface area contributed by atoms with Crippen LogP contribution in [0.4, 0.5) is 0 Å². The Morgan fingerprint density at radius 3 is 2.60 bits per heavy atom. The first-order chi connectivity index (χ1) is 11.8. The Balaban J connectivity index is 1.84. The summed E-state index contributed by atoms with van der Waals surface area (Å²) >= 11 is 0. The zero-order valence-corrected chi connectivity index (χ0v) is 15.4. The van der Waals surface area contributed by atoms with E-state index >= 15 is 0 Å². The van der Waals surface area contributed by atoms with Crippen LogP contribution < -0.4 is 0 Å². The van der Waals surface area contributed by atoms with E-state index in [0.717, 1.165) is 24.8 Å². The lowest BCUT2D eigenvalue weighted by Crippen LogP contribution is -2.49. The van der Waals surface area contributed by atoms with Gasteiger partial charge in [-0.15, -0.1) is 0 Å². The molecular weight excluding hydrogens is 316 g/mol. The minimum absolute atomic E-state index is 0.00719. The van der Waals surface area contributed by atoms with Gasteiger partial charge in [0.25, 0.3) is 0 Å². The van der Waals surface area contributed by atoms with Crippen LogP contribution >= 0.6 is 0 Å². The predicted molar refractivity (Wildman–Crippen MR) is 95.9 cm³/mol. The molecular formula is C20H28N2O3. The molecule has 3 rings (SSSR count). The van der Waals surface area contributed by atoms with Crippen LogP contribution in [0.25, 0.3) is 0 Å². The van der Waals surface area contributed by atoms with Crippen molar-refractivity contribution in [1.82, 2.24) is 9.80 Å². The number of amides is 2. The van der Waals surface area contributed by atoms with E-state index in [1.807, 2.05) is 28.0 Å². The average molecular weight is 344 g/mol. The number of benzene rings is 1. The van der Waals surface area contributed by atoms with Crippen molar-refractivity contribution >= 4 is 11.8 Å². The van der Waals surface area contributed by atoms with Crippen LogP contribution in [0.15, 0.2) is 24.3 Å². The van der Waals surface area contributed by atoms with E-state index in [-0.39, 0.29) is 30.3 Å². The van der Waals surface area contributed by atoms with Crippen molar-refractivity contribution in [2.45, 2.75) is 64.1 Å². The predicted octanol–water partition coefficient (Wildman–Crippen LogP) is 2.28. The van der Waals surface area contributed by atoms with Gasteiger partial charge in [-0.2, -0.15) is 0 Å². The maximum Gasteiger partial charge on any atom is 0.225 e. The van der Waals surface area contributed by atoms with Gasteiger partial charge in [0.05, 0.1) is 24.1 Å². The number of hydrogen-bond donors (Lipinski definition) is 1. The van der Waals surface area contributed by atoms with Gasteiger partial charge in [0.15, 0.2) is 0 Å². The summed E-state index contributed by atoms with van der Waals surface area (Å²) in [7, 11) is 0. The summed E-state index contributed by atoms with van der Waals surface area (Å²) in [5, 5.41) is 10.4. The molecule has 2 unspecified atom stereocenters. The number of nitrogens with zero attached hydrogens (tertiary/aromatic N) is 2. The number of hydrogen-bond acceptors (Lipinski definition) is 3. The number of rotatable bonds is 3. The van der Waals surface area contributed by atoms with Gasteiger partial charge in [-0.1, -0.05) is 24.3 Å². The molecule has 1 N–H and O–H groups in total. The molecule has 1 aromatic carbocycles. The largest absolute Gasteiger partial charge is 0.388 e. The molecule has 0 aliphatic carbocycles. The highest BCUT2D eigenvalue weighted by molar-refractivity contribution is 5.80. The van der Waals surface area contributed by atoms with Crippen molar-refractivity contribution in [2.75, 3.05) is 13.1 Å². The summed E-state index contributed by atoms with van der Waals surface area (Å²) in [4.78, 5) is 28.8. The number of carbonyl (C=O) groups is 2. The molecule has 1 saturated heterocycles. The fourth-order valence-corrected chi connectivity index (χ4v) is 4.33. The maximum atomic E-state index is 13.0. The smallest absolute Gasteiger partial charge is 0.225 e. The van der Waals surface area contributed by atoms with E-state index in [9.17, 15) is 14.7 Å². The standard InChI is InChI=1S/C20H28N2O3/c1-14(23)21-12-10-15-7-4-5-8-16(15)17(21)13-19(24)22-11-6-9-18(22)20(2,3)25/h4-5,7-8,17-18,25H,6,9-13H2,1-3H3. The summed E-state index contributed by atoms with van der Waals surface area (Å²) in [5.74, 6) is 0.0327. The molecule has 0 spiro atoms. The van der Waals surface area contributed by atoms with Gasteiger partial charge in [-0.05, 0) is 44.2 Å².